The number of carbonyl (C=O) groups is 1. The van der Waals surface area contributed by atoms with E-state index < -0.39 is 11.7 Å². The number of fused-ring (bicyclic) bond motifs is 1. The predicted octanol–water partition coefficient (Wildman–Crippen LogP) is 7.23. The topological polar surface area (TPSA) is 52.1 Å². The number of Topliss-reactive ketones (excluding diaryl/α,β-unsaturated/α-hetero) is 1. The zero-order valence-corrected chi connectivity index (χ0v) is 19.4. The predicted molar refractivity (Wildman–Crippen MR) is 125 cm³/mol. The number of ketones is 1. The molecule has 0 bridgehead atoms. The van der Waals surface area contributed by atoms with Gasteiger partial charge in [-0.25, -0.2) is 4.98 Å². The second-order valence-electron chi connectivity index (χ2n) is 9.13. The Morgan fingerprint density at radius 1 is 1.09 bits per heavy atom. The SMILES string of the molecule is CC[C@@H](CC(=O)c1ccc(OC)nc1)C1CCC(c2ccnc3ccc(C(F)(F)F)cc23)CC1. The molecule has 34 heavy (non-hydrogen) atoms. The number of nitrogens with zero attached hydrogens (tertiary/aromatic N) is 2. The molecule has 0 spiro atoms. The normalized spacial score (nSPS) is 19.7. The van der Waals surface area contributed by atoms with Gasteiger partial charge in [0.2, 0.25) is 5.88 Å². The number of carbonyl (C=O) groups excluding carboxylic acids is 1. The molecule has 0 radical (unpaired) electrons. The van der Waals surface area contributed by atoms with Crippen molar-refractivity contribution in [2.45, 2.75) is 57.5 Å². The third-order valence-electron chi connectivity index (χ3n) is 7.22. The molecule has 0 unspecified atom stereocenters. The zero-order chi connectivity index (χ0) is 24.3. The molecule has 1 aliphatic carbocycles. The first-order valence-corrected chi connectivity index (χ1v) is 11.8. The van der Waals surface area contributed by atoms with Gasteiger partial charge in [-0.15, -0.1) is 0 Å². The summed E-state index contributed by atoms with van der Waals surface area (Å²) in [6, 6.07) is 9.10. The summed E-state index contributed by atoms with van der Waals surface area (Å²) in [6.45, 7) is 2.12. The Hall–Kier alpha value is -2.96. The minimum atomic E-state index is -4.38. The van der Waals surface area contributed by atoms with Gasteiger partial charge in [0.25, 0.3) is 0 Å². The number of rotatable bonds is 7. The highest BCUT2D eigenvalue weighted by molar-refractivity contribution is 5.96. The molecule has 0 saturated heterocycles. The van der Waals surface area contributed by atoms with Gasteiger partial charge in [0.1, 0.15) is 0 Å². The van der Waals surface area contributed by atoms with E-state index >= 15 is 0 Å². The van der Waals surface area contributed by atoms with Crippen molar-refractivity contribution >= 4 is 16.7 Å². The lowest BCUT2D eigenvalue weighted by Crippen LogP contribution is -2.23. The minimum Gasteiger partial charge on any atom is -0.481 e. The van der Waals surface area contributed by atoms with Crippen LogP contribution in [0.25, 0.3) is 10.9 Å². The van der Waals surface area contributed by atoms with Gasteiger partial charge in [-0.2, -0.15) is 13.2 Å². The van der Waals surface area contributed by atoms with Crippen molar-refractivity contribution in [2.24, 2.45) is 11.8 Å². The smallest absolute Gasteiger partial charge is 0.416 e. The Morgan fingerprint density at radius 3 is 2.47 bits per heavy atom. The van der Waals surface area contributed by atoms with Gasteiger partial charge in [0.15, 0.2) is 5.78 Å². The van der Waals surface area contributed by atoms with Crippen LogP contribution < -0.4 is 4.74 Å². The number of alkyl halides is 3. The maximum absolute atomic E-state index is 13.3. The van der Waals surface area contributed by atoms with Crippen molar-refractivity contribution in [3.8, 4) is 5.88 Å². The van der Waals surface area contributed by atoms with E-state index in [-0.39, 0.29) is 17.6 Å². The average molecular weight is 471 g/mol. The van der Waals surface area contributed by atoms with Crippen molar-refractivity contribution in [3.63, 3.8) is 0 Å². The summed E-state index contributed by atoms with van der Waals surface area (Å²) >= 11 is 0. The summed E-state index contributed by atoms with van der Waals surface area (Å²) in [5.74, 6) is 1.47. The van der Waals surface area contributed by atoms with Gasteiger partial charge >= 0.3 is 6.18 Å². The van der Waals surface area contributed by atoms with Crippen molar-refractivity contribution in [3.05, 3.63) is 65.5 Å². The second kappa shape index (κ2) is 10.1. The fraction of sp³-hybridized carbons (Fsp3) is 0.444. The van der Waals surface area contributed by atoms with Crippen molar-refractivity contribution in [1.29, 1.82) is 0 Å². The molecule has 180 valence electrons. The van der Waals surface area contributed by atoms with Crippen LogP contribution in [0.3, 0.4) is 0 Å². The molecule has 2 heterocycles. The van der Waals surface area contributed by atoms with Crippen molar-refractivity contribution in [2.75, 3.05) is 7.11 Å². The minimum absolute atomic E-state index is 0.0870. The van der Waals surface area contributed by atoms with Gasteiger partial charge in [0, 0.05) is 35.8 Å². The Bertz CT molecular complexity index is 1140. The summed E-state index contributed by atoms with van der Waals surface area (Å²) in [5.41, 5.74) is 1.50. The van der Waals surface area contributed by atoms with E-state index in [1.807, 2.05) is 6.07 Å². The van der Waals surface area contributed by atoms with Crippen LogP contribution in [0.1, 0.15) is 72.9 Å². The summed E-state index contributed by atoms with van der Waals surface area (Å²) < 4.78 is 44.9. The van der Waals surface area contributed by atoms with Crippen LogP contribution in [0.5, 0.6) is 5.88 Å². The van der Waals surface area contributed by atoms with E-state index in [2.05, 4.69) is 16.9 Å². The average Bonchev–Trinajstić information content (AvgIpc) is 2.86. The fourth-order valence-electron chi connectivity index (χ4n) is 5.27. The summed E-state index contributed by atoms with van der Waals surface area (Å²) in [4.78, 5) is 21.2. The molecular formula is C27H29F3N2O2. The summed E-state index contributed by atoms with van der Waals surface area (Å²) in [6.07, 6.45) is 3.98. The quantitative estimate of drug-likeness (QED) is 0.342. The van der Waals surface area contributed by atoms with Crippen LogP contribution in [0, 0.1) is 11.8 Å². The standard InChI is InChI=1S/C27H29F3N2O2/c1-3-17(14-25(33)20-8-11-26(34-2)32-16-20)18-4-6-19(7-5-18)22-12-13-31-24-10-9-21(15-23(22)24)27(28,29)30/h8-13,15-19H,3-7,14H2,1-2H3/t17-,18?,19?/m0/s1. The molecule has 4 nitrogen and oxygen atoms in total. The molecule has 7 heteroatoms. The highest BCUT2D eigenvalue weighted by atomic mass is 19.4. The molecule has 4 rings (SSSR count). The second-order valence-corrected chi connectivity index (χ2v) is 9.13. The Labute approximate surface area is 197 Å². The molecule has 1 atom stereocenters. The van der Waals surface area contributed by atoms with Crippen molar-refractivity contribution < 1.29 is 22.7 Å². The summed E-state index contributed by atoms with van der Waals surface area (Å²) in [7, 11) is 1.54. The molecular weight excluding hydrogens is 441 g/mol. The molecule has 1 aromatic carbocycles. The van der Waals surface area contributed by atoms with Gasteiger partial charge in [-0.05, 0) is 79.3 Å². The van der Waals surface area contributed by atoms with E-state index in [0.29, 0.717) is 34.7 Å². The highest BCUT2D eigenvalue weighted by Crippen LogP contribution is 2.43. The number of benzene rings is 1. The maximum Gasteiger partial charge on any atom is 0.416 e. The number of pyridine rings is 2. The van der Waals surface area contributed by atoms with E-state index in [9.17, 15) is 18.0 Å². The number of methoxy groups -OCH3 is 1. The van der Waals surface area contributed by atoms with Gasteiger partial charge in [-0.3, -0.25) is 9.78 Å². The first-order valence-electron chi connectivity index (χ1n) is 11.8. The third kappa shape index (κ3) is 5.24. The number of hydrogen-bond acceptors (Lipinski definition) is 4. The number of halogens is 3. The molecule has 2 aromatic heterocycles. The lowest BCUT2D eigenvalue weighted by molar-refractivity contribution is -0.137. The van der Waals surface area contributed by atoms with Crippen LogP contribution in [0.2, 0.25) is 0 Å². The molecule has 3 aromatic rings. The lowest BCUT2D eigenvalue weighted by Gasteiger charge is -2.34. The molecule has 0 aliphatic heterocycles. The largest absolute Gasteiger partial charge is 0.481 e. The van der Waals surface area contributed by atoms with Crippen LogP contribution in [0.4, 0.5) is 13.2 Å². The zero-order valence-electron chi connectivity index (χ0n) is 19.4. The van der Waals surface area contributed by atoms with Crippen LogP contribution in [0.15, 0.2) is 48.8 Å². The van der Waals surface area contributed by atoms with Gasteiger partial charge in [-0.1, -0.05) is 13.3 Å². The van der Waals surface area contributed by atoms with Gasteiger partial charge < -0.3 is 4.74 Å². The molecule has 0 N–H and O–H groups in total. The molecule has 1 aliphatic rings. The van der Waals surface area contributed by atoms with Crippen LogP contribution >= 0.6 is 0 Å². The summed E-state index contributed by atoms with van der Waals surface area (Å²) in [5, 5.41) is 0.593. The molecule has 1 fully saturated rings. The van der Waals surface area contributed by atoms with Crippen LogP contribution in [-0.4, -0.2) is 22.9 Å². The highest BCUT2D eigenvalue weighted by Gasteiger charge is 2.32. The number of ether oxygens (including phenoxy) is 1. The Balaban J connectivity index is 1.44. The van der Waals surface area contributed by atoms with E-state index in [0.717, 1.165) is 43.7 Å². The fourth-order valence-corrected chi connectivity index (χ4v) is 5.27. The van der Waals surface area contributed by atoms with E-state index in [1.54, 1.807) is 24.5 Å². The maximum atomic E-state index is 13.3. The lowest BCUT2D eigenvalue weighted by atomic mass is 9.71. The Morgan fingerprint density at radius 2 is 1.85 bits per heavy atom. The van der Waals surface area contributed by atoms with Crippen LogP contribution in [-0.2, 0) is 6.18 Å². The number of hydrogen-bond donors (Lipinski definition) is 0. The van der Waals surface area contributed by atoms with E-state index in [1.165, 1.54) is 19.2 Å². The molecule has 1 saturated carbocycles. The monoisotopic (exact) mass is 470 g/mol. The number of aromatic nitrogens is 2. The van der Waals surface area contributed by atoms with Gasteiger partial charge in [0.05, 0.1) is 18.2 Å². The third-order valence-corrected chi connectivity index (χ3v) is 7.22. The first kappa shape index (κ1) is 24.2. The molecule has 0 amide bonds. The first-order chi connectivity index (χ1) is 16.3. The van der Waals surface area contributed by atoms with E-state index in [4.69, 9.17) is 4.74 Å². The Kier molecular flexibility index (Phi) is 7.19. The van der Waals surface area contributed by atoms with Crippen molar-refractivity contribution in [1.82, 2.24) is 9.97 Å².